The maximum Gasteiger partial charge on any atom is 0.419 e. The first-order valence-electron chi connectivity index (χ1n) is 6.69. The standard InChI is InChI=1S/C13H17N3O4S.ClH/c1-15-11-4-3-10(7-12(11)20-13(15)17)21(18,19)16(2)9-5-6-14-8-9;/h3-4,7,9,14H,5-6,8H2,1-2H3;1H. The smallest absolute Gasteiger partial charge is 0.408 e. The highest BCUT2D eigenvalue weighted by molar-refractivity contribution is 7.89. The van der Waals surface area contributed by atoms with Gasteiger partial charge >= 0.3 is 5.76 Å². The molecule has 22 heavy (non-hydrogen) atoms. The number of aryl methyl sites for hydroxylation is 1. The monoisotopic (exact) mass is 347 g/mol. The summed E-state index contributed by atoms with van der Waals surface area (Å²) in [5, 5.41) is 3.15. The lowest BCUT2D eigenvalue weighted by Crippen LogP contribution is -2.38. The van der Waals surface area contributed by atoms with E-state index in [0.717, 1.165) is 13.0 Å². The van der Waals surface area contributed by atoms with E-state index in [2.05, 4.69) is 5.32 Å². The van der Waals surface area contributed by atoms with Gasteiger partial charge in [0.1, 0.15) is 0 Å². The van der Waals surface area contributed by atoms with Crippen molar-refractivity contribution in [1.29, 1.82) is 0 Å². The molecule has 3 rings (SSSR count). The van der Waals surface area contributed by atoms with Gasteiger partial charge in [0, 0.05) is 32.7 Å². The van der Waals surface area contributed by atoms with Crippen LogP contribution in [-0.4, -0.2) is 43.5 Å². The summed E-state index contributed by atoms with van der Waals surface area (Å²) in [7, 11) is -0.432. The van der Waals surface area contributed by atoms with Crippen LogP contribution in [0.5, 0.6) is 0 Å². The third kappa shape index (κ3) is 2.67. The van der Waals surface area contributed by atoms with E-state index in [4.69, 9.17) is 4.42 Å². The molecule has 1 saturated heterocycles. The lowest BCUT2D eigenvalue weighted by molar-refractivity contribution is 0.387. The normalized spacial score (nSPS) is 18.8. The average molecular weight is 348 g/mol. The van der Waals surface area contributed by atoms with Crippen molar-refractivity contribution in [2.24, 2.45) is 7.05 Å². The molecule has 0 amide bonds. The van der Waals surface area contributed by atoms with Crippen molar-refractivity contribution in [2.45, 2.75) is 17.4 Å². The van der Waals surface area contributed by atoms with Crippen LogP contribution in [0.3, 0.4) is 0 Å². The average Bonchev–Trinajstić information content (AvgIpc) is 3.07. The number of benzene rings is 1. The van der Waals surface area contributed by atoms with E-state index in [9.17, 15) is 13.2 Å². The molecule has 122 valence electrons. The van der Waals surface area contributed by atoms with Crippen molar-refractivity contribution in [3.8, 4) is 0 Å². The Kier molecular flexibility index (Phi) is 4.67. The molecule has 0 radical (unpaired) electrons. The quantitative estimate of drug-likeness (QED) is 0.875. The van der Waals surface area contributed by atoms with Crippen molar-refractivity contribution in [2.75, 3.05) is 20.1 Å². The molecule has 1 unspecified atom stereocenters. The first-order valence-corrected chi connectivity index (χ1v) is 8.13. The van der Waals surface area contributed by atoms with Crippen molar-refractivity contribution in [3.63, 3.8) is 0 Å². The number of fused-ring (bicyclic) bond motifs is 1. The van der Waals surface area contributed by atoms with Crippen LogP contribution < -0.4 is 11.1 Å². The molecule has 1 atom stereocenters. The van der Waals surface area contributed by atoms with Gasteiger partial charge in [-0.2, -0.15) is 4.31 Å². The summed E-state index contributed by atoms with van der Waals surface area (Å²) in [5.41, 5.74) is 0.852. The number of sulfonamides is 1. The minimum atomic E-state index is -3.60. The molecule has 1 aromatic heterocycles. The Balaban J connectivity index is 0.00000176. The molecule has 9 heteroatoms. The van der Waals surface area contributed by atoms with Gasteiger partial charge in [-0.3, -0.25) is 4.57 Å². The van der Waals surface area contributed by atoms with Crippen LogP contribution in [0.1, 0.15) is 6.42 Å². The molecule has 1 N–H and O–H groups in total. The number of hydrogen-bond donors (Lipinski definition) is 1. The maximum atomic E-state index is 12.6. The molecule has 1 aliphatic rings. The van der Waals surface area contributed by atoms with Gasteiger partial charge < -0.3 is 9.73 Å². The highest BCUT2D eigenvalue weighted by Gasteiger charge is 2.30. The van der Waals surface area contributed by atoms with Crippen LogP contribution in [0.25, 0.3) is 11.1 Å². The molecule has 2 heterocycles. The predicted octanol–water partition coefficient (Wildman–Crippen LogP) is 0.536. The number of likely N-dealkylation sites (N-methyl/N-ethyl adjacent to an activating group) is 1. The largest absolute Gasteiger partial charge is 0.419 e. The third-order valence-electron chi connectivity index (χ3n) is 3.99. The molecule has 2 aromatic rings. The number of aromatic nitrogens is 1. The van der Waals surface area contributed by atoms with E-state index in [-0.39, 0.29) is 28.9 Å². The fourth-order valence-electron chi connectivity index (χ4n) is 2.59. The molecule has 1 aromatic carbocycles. The molecular formula is C13H18ClN3O4S. The SMILES string of the molecule is CN(C1CCNC1)S(=O)(=O)c1ccc2c(c1)oc(=O)n2C.Cl. The zero-order valence-electron chi connectivity index (χ0n) is 12.3. The number of oxazole rings is 1. The van der Waals surface area contributed by atoms with Crippen molar-refractivity contribution >= 4 is 33.5 Å². The summed E-state index contributed by atoms with van der Waals surface area (Å²) in [6.07, 6.45) is 0.790. The Hall–Kier alpha value is -1.35. The van der Waals surface area contributed by atoms with E-state index < -0.39 is 15.8 Å². The van der Waals surface area contributed by atoms with E-state index >= 15 is 0 Å². The number of hydrogen-bond acceptors (Lipinski definition) is 5. The summed E-state index contributed by atoms with van der Waals surface area (Å²) < 4.78 is 33.0. The van der Waals surface area contributed by atoms with Crippen molar-refractivity contribution < 1.29 is 12.8 Å². The van der Waals surface area contributed by atoms with E-state index in [1.807, 2.05) is 0 Å². The van der Waals surface area contributed by atoms with Gasteiger partial charge in [0.25, 0.3) is 0 Å². The molecule has 0 saturated carbocycles. The number of nitrogens with zero attached hydrogens (tertiary/aromatic N) is 2. The van der Waals surface area contributed by atoms with Crippen LogP contribution in [-0.2, 0) is 17.1 Å². The van der Waals surface area contributed by atoms with E-state index in [1.165, 1.54) is 21.0 Å². The lowest BCUT2D eigenvalue weighted by Gasteiger charge is -2.23. The first-order chi connectivity index (χ1) is 9.91. The number of rotatable bonds is 3. The molecule has 1 fully saturated rings. The van der Waals surface area contributed by atoms with Crippen LogP contribution in [0.15, 0.2) is 32.3 Å². The molecule has 1 aliphatic heterocycles. The van der Waals surface area contributed by atoms with Crippen LogP contribution in [0.4, 0.5) is 0 Å². The second-order valence-electron chi connectivity index (χ2n) is 5.22. The summed E-state index contributed by atoms with van der Waals surface area (Å²) >= 11 is 0. The molecular weight excluding hydrogens is 330 g/mol. The minimum absolute atomic E-state index is 0. The lowest BCUT2D eigenvalue weighted by atomic mass is 10.3. The highest BCUT2D eigenvalue weighted by atomic mass is 35.5. The molecule has 0 spiro atoms. The minimum Gasteiger partial charge on any atom is -0.408 e. The highest BCUT2D eigenvalue weighted by Crippen LogP contribution is 2.23. The van der Waals surface area contributed by atoms with Crippen molar-refractivity contribution in [3.05, 3.63) is 28.7 Å². The van der Waals surface area contributed by atoms with Gasteiger partial charge in [-0.15, -0.1) is 12.4 Å². The summed E-state index contributed by atoms with van der Waals surface area (Å²) in [6, 6.07) is 4.46. The van der Waals surface area contributed by atoms with Gasteiger partial charge in [-0.05, 0) is 25.1 Å². The Morgan fingerprint density at radius 3 is 2.77 bits per heavy atom. The molecule has 0 bridgehead atoms. The van der Waals surface area contributed by atoms with Crippen LogP contribution in [0.2, 0.25) is 0 Å². The van der Waals surface area contributed by atoms with Crippen LogP contribution in [0, 0.1) is 0 Å². The van der Waals surface area contributed by atoms with E-state index in [1.54, 1.807) is 20.2 Å². The van der Waals surface area contributed by atoms with Gasteiger partial charge in [0.15, 0.2) is 5.58 Å². The van der Waals surface area contributed by atoms with Crippen LogP contribution >= 0.6 is 12.4 Å². The summed E-state index contributed by atoms with van der Waals surface area (Å²) in [6.45, 7) is 1.47. The fraction of sp³-hybridized carbons (Fsp3) is 0.462. The van der Waals surface area contributed by atoms with Crippen molar-refractivity contribution in [1.82, 2.24) is 14.2 Å². The Bertz CT molecular complexity index is 837. The first kappa shape index (κ1) is 17.0. The predicted molar refractivity (Wildman–Crippen MR) is 84.9 cm³/mol. The van der Waals surface area contributed by atoms with E-state index in [0.29, 0.717) is 12.1 Å². The van der Waals surface area contributed by atoms with Gasteiger partial charge in [0.2, 0.25) is 10.0 Å². The summed E-state index contributed by atoms with van der Waals surface area (Å²) in [5.74, 6) is -0.507. The second-order valence-corrected chi connectivity index (χ2v) is 7.22. The molecule has 0 aliphatic carbocycles. The fourth-order valence-corrected chi connectivity index (χ4v) is 3.99. The topological polar surface area (TPSA) is 84.6 Å². The maximum absolute atomic E-state index is 12.6. The Labute approximate surface area is 134 Å². The third-order valence-corrected chi connectivity index (χ3v) is 5.90. The van der Waals surface area contributed by atoms with Gasteiger partial charge in [-0.1, -0.05) is 0 Å². The van der Waals surface area contributed by atoms with Gasteiger partial charge in [0.05, 0.1) is 10.4 Å². The Morgan fingerprint density at radius 1 is 1.41 bits per heavy atom. The molecule has 7 nitrogen and oxygen atoms in total. The second kappa shape index (κ2) is 6.04. The number of nitrogens with one attached hydrogen (secondary N) is 1. The zero-order chi connectivity index (χ0) is 15.2. The zero-order valence-corrected chi connectivity index (χ0v) is 13.9. The summed E-state index contributed by atoms with van der Waals surface area (Å²) in [4.78, 5) is 11.6. The number of halogens is 1. The Morgan fingerprint density at radius 2 is 2.14 bits per heavy atom. The van der Waals surface area contributed by atoms with Gasteiger partial charge in [-0.25, -0.2) is 13.2 Å².